The molecular formula is C16H24N4. The maximum Gasteiger partial charge on any atom is 0.0534 e. The third-order valence-electron chi connectivity index (χ3n) is 3.53. The molecule has 1 aromatic heterocycles. The average Bonchev–Trinajstić information content (AvgIpc) is 2.82. The highest BCUT2D eigenvalue weighted by atomic mass is 15.2. The van der Waals surface area contributed by atoms with Crippen molar-refractivity contribution in [3.8, 4) is 0 Å². The summed E-state index contributed by atoms with van der Waals surface area (Å²) in [7, 11) is 6.11. The van der Waals surface area contributed by atoms with Gasteiger partial charge in [-0.15, -0.1) is 0 Å². The van der Waals surface area contributed by atoms with E-state index in [0.29, 0.717) is 6.04 Å². The van der Waals surface area contributed by atoms with Crippen LogP contribution in [0.4, 0.5) is 0 Å². The topological polar surface area (TPSA) is 33.1 Å². The van der Waals surface area contributed by atoms with Gasteiger partial charge in [0.2, 0.25) is 0 Å². The van der Waals surface area contributed by atoms with Gasteiger partial charge in [0.25, 0.3) is 0 Å². The highest BCUT2D eigenvalue weighted by Gasteiger charge is 2.12. The van der Waals surface area contributed by atoms with E-state index < -0.39 is 0 Å². The van der Waals surface area contributed by atoms with E-state index in [1.165, 1.54) is 16.7 Å². The molecule has 20 heavy (non-hydrogen) atoms. The van der Waals surface area contributed by atoms with Gasteiger partial charge in [0, 0.05) is 37.9 Å². The molecule has 0 bridgehead atoms. The SMILES string of the molecule is CNC(CN(C)Cc1cnn(C)c1)c1ccc(C)cc1. The standard InChI is InChI=1S/C16H24N4/c1-13-5-7-15(8-6-13)16(17-2)12-19(3)10-14-9-18-20(4)11-14/h5-9,11,16-17H,10,12H2,1-4H3. The minimum Gasteiger partial charge on any atom is -0.312 e. The number of aromatic nitrogens is 2. The molecule has 0 amide bonds. The molecule has 2 aromatic rings. The molecular weight excluding hydrogens is 248 g/mol. The number of hydrogen-bond donors (Lipinski definition) is 1. The first-order valence-electron chi connectivity index (χ1n) is 6.98. The molecule has 0 saturated carbocycles. The van der Waals surface area contributed by atoms with Gasteiger partial charge in [0.05, 0.1) is 6.20 Å². The fourth-order valence-electron chi connectivity index (χ4n) is 2.40. The van der Waals surface area contributed by atoms with Gasteiger partial charge < -0.3 is 10.2 Å². The van der Waals surface area contributed by atoms with Crippen LogP contribution >= 0.6 is 0 Å². The van der Waals surface area contributed by atoms with Gasteiger partial charge in [-0.3, -0.25) is 4.68 Å². The van der Waals surface area contributed by atoms with Crippen molar-refractivity contribution in [3.63, 3.8) is 0 Å². The maximum absolute atomic E-state index is 4.21. The molecule has 0 aliphatic carbocycles. The Kier molecular flexibility index (Phi) is 4.93. The normalized spacial score (nSPS) is 12.8. The van der Waals surface area contributed by atoms with Crippen LogP contribution in [0.1, 0.15) is 22.7 Å². The van der Waals surface area contributed by atoms with Crippen LogP contribution in [0.25, 0.3) is 0 Å². The molecule has 4 nitrogen and oxygen atoms in total. The van der Waals surface area contributed by atoms with Crippen LogP contribution in [0, 0.1) is 6.92 Å². The largest absolute Gasteiger partial charge is 0.312 e. The summed E-state index contributed by atoms with van der Waals surface area (Å²) >= 11 is 0. The van der Waals surface area contributed by atoms with Gasteiger partial charge in [-0.2, -0.15) is 5.10 Å². The Hall–Kier alpha value is -1.65. The molecule has 1 atom stereocenters. The van der Waals surface area contributed by atoms with Crippen LogP contribution < -0.4 is 5.32 Å². The van der Waals surface area contributed by atoms with Gasteiger partial charge >= 0.3 is 0 Å². The Bertz CT molecular complexity index is 530. The zero-order chi connectivity index (χ0) is 14.5. The van der Waals surface area contributed by atoms with Gasteiger partial charge in [-0.25, -0.2) is 0 Å². The fourth-order valence-corrected chi connectivity index (χ4v) is 2.40. The molecule has 0 spiro atoms. The van der Waals surface area contributed by atoms with Crippen molar-refractivity contribution >= 4 is 0 Å². The van der Waals surface area contributed by atoms with Crippen LogP contribution in [-0.4, -0.2) is 35.3 Å². The van der Waals surface area contributed by atoms with Gasteiger partial charge in [-0.1, -0.05) is 29.8 Å². The Balaban J connectivity index is 1.97. The van der Waals surface area contributed by atoms with Gasteiger partial charge in [0.15, 0.2) is 0 Å². The maximum atomic E-state index is 4.21. The van der Waals surface area contributed by atoms with Crippen molar-refractivity contribution in [2.75, 3.05) is 20.6 Å². The Morgan fingerprint density at radius 2 is 2.00 bits per heavy atom. The first kappa shape index (κ1) is 14.8. The third-order valence-corrected chi connectivity index (χ3v) is 3.53. The van der Waals surface area contributed by atoms with E-state index in [2.05, 4.69) is 59.7 Å². The molecule has 108 valence electrons. The lowest BCUT2D eigenvalue weighted by Gasteiger charge is -2.24. The molecule has 0 aliphatic rings. The highest BCUT2D eigenvalue weighted by molar-refractivity contribution is 5.24. The minimum atomic E-state index is 0.345. The van der Waals surface area contributed by atoms with Crippen LogP contribution in [0.2, 0.25) is 0 Å². The number of hydrogen-bond acceptors (Lipinski definition) is 3. The molecule has 1 heterocycles. The van der Waals surface area contributed by atoms with Crippen molar-refractivity contribution in [2.24, 2.45) is 7.05 Å². The molecule has 0 saturated heterocycles. The summed E-state index contributed by atoms with van der Waals surface area (Å²) in [5, 5.41) is 7.61. The lowest BCUT2D eigenvalue weighted by Crippen LogP contribution is -2.30. The van der Waals surface area contributed by atoms with Crippen LogP contribution in [0.5, 0.6) is 0 Å². The summed E-state index contributed by atoms with van der Waals surface area (Å²) in [5.41, 5.74) is 3.87. The van der Waals surface area contributed by atoms with Crippen LogP contribution in [-0.2, 0) is 13.6 Å². The molecule has 1 aromatic carbocycles. The van der Waals surface area contributed by atoms with Gasteiger partial charge in [-0.05, 0) is 26.6 Å². The second-order valence-electron chi connectivity index (χ2n) is 5.47. The number of nitrogens with zero attached hydrogens (tertiary/aromatic N) is 3. The van der Waals surface area contributed by atoms with Crippen LogP contribution in [0.3, 0.4) is 0 Å². The van der Waals surface area contributed by atoms with E-state index in [1.807, 2.05) is 25.0 Å². The molecule has 1 N–H and O–H groups in total. The lowest BCUT2D eigenvalue weighted by molar-refractivity contribution is 0.289. The summed E-state index contributed by atoms with van der Waals surface area (Å²) in [6, 6.07) is 9.09. The number of likely N-dealkylation sites (N-methyl/N-ethyl adjacent to an activating group) is 2. The second kappa shape index (κ2) is 6.68. The number of aryl methyl sites for hydroxylation is 2. The third kappa shape index (κ3) is 3.92. The van der Waals surface area contributed by atoms with Crippen LogP contribution in [0.15, 0.2) is 36.7 Å². The summed E-state index contributed by atoms with van der Waals surface area (Å²) in [6.45, 7) is 4.00. The smallest absolute Gasteiger partial charge is 0.0534 e. The summed E-state index contributed by atoms with van der Waals surface area (Å²) in [5.74, 6) is 0. The van der Waals surface area contributed by atoms with E-state index >= 15 is 0 Å². The van der Waals surface area contributed by atoms with Crippen molar-refractivity contribution in [2.45, 2.75) is 19.5 Å². The summed E-state index contributed by atoms with van der Waals surface area (Å²) in [6.07, 6.45) is 3.99. The van der Waals surface area contributed by atoms with Crippen molar-refractivity contribution in [1.29, 1.82) is 0 Å². The Labute approximate surface area is 121 Å². The number of nitrogens with one attached hydrogen (secondary N) is 1. The zero-order valence-electron chi connectivity index (χ0n) is 12.8. The molecule has 0 aliphatic heterocycles. The average molecular weight is 272 g/mol. The van der Waals surface area contributed by atoms with E-state index in [1.54, 1.807) is 0 Å². The number of rotatable bonds is 6. The first-order valence-corrected chi connectivity index (χ1v) is 6.98. The second-order valence-corrected chi connectivity index (χ2v) is 5.47. The molecule has 0 radical (unpaired) electrons. The van der Waals surface area contributed by atoms with Crippen molar-refractivity contribution in [3.05, 3.63) is 53.3 Å². The molecule has 4 heteroatoms. The predicted octanol–water partition coefficient (Wildman–Crippen LogP) is 2.12. The summed E-state index contributed by atoms with van der Waals surface area (Å²) in [4.78, 5) is 2.32. The summed E-state index contributed by atoms with van der Waals surface area (Å²) < 4.78 is 1.85. The van der Waals surface area contributed by atoms with Crippen molar-refractivity contribution < 1.29 is 0 Å². The quantitative estimate of drug-likeness (QED) is 0.874. The zero-order valence-corrected chi connectivity index (χ0v) is 12.8. The lowest BCUT2D eigenvalue weighted by atomic mass is 10.0. The molecule has 0 fully saturated rings. The van der Waals surface area contributed by atoms with E-state index in [0.717, 1.165) is 13.1 Å². The van der Waals surface area contributed by atoms with Crippen molar-refractivity contribution in [1.82, 2.24) is 20.0 Å². The Morgan fingerprint density at radius 3 is 2.55 bits per heavy atom. The molecule has 2 rings (SSSR count). The number of benzene rings is 1. The van der Waals surface area contributed by atoms with E-state index in [9.17, 15) is 0 Å². The highest BCUT2D eigenvalue weighted by Crippen LogP contribution is 2.15. The minimum absolute atomic E-state index is 0.345. The predicted molar refractivity (Wildman–Crippen MR) is 82.5 cm³/mol. The fraction of sp³-hybridized carbons (Fsp3) is 0.438. The monoisotopic (exact) mass is 272 g/mol. The Morgan fingerprint density at radius 1 is 1.30 bits per heavy atom. The van der Waals surface area contributed by atoms with Gasteiger partial charge in [0.1, 0.15) is 0 Å². The molecule has 1 unspecified atom stereocenters. The van der Waals surface area contributed by atoms with E-state index in [4.69, 9.17) is 0 Å². The first-order chi connectivity index (χ1) is 9.58. The van der Waals surface area contributed by atoms with E-state index in [-0.39, 0.29) is 0 Å².